The van der Waals surface area contributed by atoms with E-state index in [0.29, 0.717) is 18.5 Å². The first-order chi connectivity index (χ1) is 13.3. The number of aromatic nitrogens is 3. The van der Waals surface area contributed by atoms with Gasteiger partial charge >= 0.3 is 0 Å². The molecule has 0 spiro atoms. The minimum atomic E-state index is -0.0373. The maximum Gasteiger partial charge on any atom is 0.224 e. The van der Waals surface area contributed by atoms with Gasteiger partial charge in [0.05, 0.1) is 29.8 Å². The van der Waals surface area contributed by atoms with Crippen LogP contribution in [-0.4, -0.2) is 27.2 Å². The molecule has 0 saturated carbocycles. The summed E-state index contributed by atoms with van der Waals surface area (Å²) in [6.45, 7) is 2.67. The van der Waals surface area contributed by atoms with Crippen LogP contribution in [0, 0.1) is 0 Å². The molecule has 0 atom stereocenters. The van der Waals surface area contributed by atoms with Crippen LogP contribution in [0.2, 0.25) is 0 Å². The van der Waals surface area contributed by atoms with E-state index in [2.05, 4.69) is 32.1 Å². The standard InChI is InChI=1S/C20H22N6O.ClH/c27-20(9-7-16-12-18-14-21-10-11-26(18)25-16)24-17-6-8-19(22-13-17)23-15-4-2-1-3-5-15;/h1-6,8,12-13,21H,7,9-11,14H2,(H,22,23)(H,24,27);1H. The number of amides is 1. The number of hydrogen-bond acceptors (Lipinski definition) is 5. The van der Waals surface area contributed by atoms with Crippen LogP contribution in [0.4, 0.5) is 17.2 Å². The first kappa shape index (κ1) is 19.9. The number of pyridine rings is 1. The van der Waals surface area contributed by atoms with Gasteiger partial charge in [-0.05, 0) is 30.3 Å². The van der Waals surface area contributed by atoms with Crippen molar-refractivity contribution in [3.63, 3.8) is 0 Å². The van der Waals surface area contributed by atoms with Crippen LogP contribution >= 0.6 is 12.4 Å². The zero-order chi connectivity index (χ0) is 18.5. The van der Waals surface area contributed by atoms with Gasteiger partial charge in [0.1, 0.15) is 5.82 Å². The van der Waals surface area contributed by atoms with Gasteiger partial charge < -0.3 is 16.0 Å². The molecule has 28 heavy (non-hydrogen) atoms. The van der Waals surface area contributed by atoms with Crippen LogP contribution in [0.15, 0.2) is 54.7 Å². The molecule has 3 heterocycles. The van der Waals surface area contributed by atoms with E-state index in [1.807, 2.05) is 47.1 Å². The number of nitrogens with one attached hydrogen (secondary N) is 3. The molecule has 0 unspecified atom stereocenters. The maximum absolute atomic E-state index is 12.2. The smallest absolute Gasteiger partial charge is 0.224 e. The van der Waals surface area contributed by atoms with Crippen LogP contribution in [-0.2, 0) is 24.3 Å². The first-order valence-corrected chi connectivity index (χ1v) is 9.10. The molecule has 0 saturated heterocycles. The Balaban J connectivity index is 0.00000225. The lowest BCUT2D eigenvalue weighted by Gasteiger charge is -2.13. The summed E-state index contributed by atoms with van der Waals surface area (Å²) in [5.74, 6) is 0.695. The van der Waals surface area contributed by atoms with Crippen LogP contribution in [0.5, 0.6) is 0 Å². The summed E-state index contributed by atoms with van der Waals surface area (Å²) in [7, 11) is 0. The second-order valence-corrected chi connectivity index (χ2v) is 6.50. The van der Waals surface area contributed by atoms with E-state index in [-0.39, 0.29) is 18.3 Å². The third kappa shape index (κ3) is 5.09. The van der Waals surface area contributed by atoms with E-state index >= 15 is 0 Å². The number of nitrogens with zero attached hydrogens (tertiary/aromatic N) is 3. The van der Waals surface area contributed by atoms with Gasteiger partial charge in [0.15, 0.2) is 0 Å². The molecule has 4 rings (SSSR count). The number of aryl methyl sites for hydroxylation is 1. The van der Waals surface area contributed by atoms with Gasteiger partial charge in [-0.3, -0.25) is 9.48 Å². The van der Waals surface area contributed by atoms with Gasteiger partial charge in [0, 0.05) is 31.6 Å². The average Bonchev–Trinajstić information content (AvgIpc) is 3.12. The van der Waals surface area contributed by atoms with Crippen molar-refractivity contribution in [2.75, 3.05) is 17.2 Å². The van der Waals surface area contributed by atoms with Crippen LogP contribution in [0.1, 0.15) is 17.8 Å². The lowest BCUT2D eigenvalue weighted by molar-refractivity contribution is -0.116. The number of anilines is 3. The quantitative estimate of drug-likeness (QED) is 0.594. The summed E-state index contributed by atoms with van der Waals surface area (Å²) in [6.07, 6.45) is 2.69. The van der Waals surface area contributed by atoms with Gasteiger partial charge in [0.2, 0.25) is 5.91 Å². The van der Waals surface area contributed by atoms with E-state index in [1.165, 1.54) is 5.69 Å². The summed E-state index contributed by atoms with van der Waals surface area (Å²) in [4.78, 5) is 16.5. The van der Waals surface area contributed by atoms with E-state index in [1.54, 1.807) is 6.20 Å². The molecule has 0 fully saturated rings. The number of para-hydroxylation sites is 1. The highest BCUT2D eigenvalue weighted by Crippen LogP contribution is 2.16. The fourth-order valence-corrected chi connectivity index (χ4v) is 3.05. The normalized spacial score (nSPS) is 12.6. The number of fused-ring (bicyclic) bond motifs is 1. The van der Waals surface area contributed by atoms with Crippen molar-refractivity contribution in [1.29, 1.82) is 0 Å². The van der Waals surface area contributed by atoms with E-state index in [0.717, 1.165) is 36.8 Å². The van der Waals surface area contributed by atoms with Crippen molar-refractivity contribution in [3.8, 4) is 0 Å². The largest absolute Gasteiger partial charge is 0.340 e. The van der Waals surface area contributed by atoms with Crippen molar-refractivity contribution in [2.24, 2.45) is 0 Å². The molecule has 8 heteroatoms. The van der Waals surface area contributed by atoms with Gasteiger partial charge in [0.25, 0.3) is 0 Å². The zero-order valence-electron chi connectivity index (χ0n) is 15.4. The van der Waals surface area contributed by atoms with E-state index in [9.17, 15) is 4.79 Å². The summed E-state index contributed by atoms with van der Waals surface area (Å²) in [6, 6.07) is 15.6. The number of benzene rings is 1. The van der Waals surface area contributed by atoms with Gasteiger partial charge in [-0.2, -0.15) is 5.10 Å². The molecule has 3 aromatic rings. The SMILES string of the molecule is Cl.O=C(CCc1cc2n(n1)CCNC2)Nc1ccc(Nc2ccccc2)nc1. The van der Waals surface area contributed by atoms with Gasteiger partial charge in [-0.15, -0.1) is 12.4 Å². The first-order valence-electron chi connectivity index (χ1n) is 9.10. The Hall–Kier alpha value is -2.90. The molecule has 3 N–H and O–H groups in total. The summed E-state index contributed by atoms with van der Waals surface area (Å²) < 4.78 is 2.02. The number of carbonyl (C=O) groups excluding carboxylic acids is 1. The van der Waals surface area contributed by atoms with Crippen LogP contribution in [0.3, 0.4) is 0 Å². The molecule has 146 valence electrons. The highest BCUT2D eigenvalue weighted by atomic mass is 35.5. The van der Waals surface area contributed by atoms with E-state index < -0.39 is 0 Å². The van der Waals surface area contributed by atoms with Crippen molar-refractivity contribution in [3.05, 3.63) is 66.1 Å². The predicted octanol–water partition coefficient (Wildman–Crippen LogP) is 3.12. The highest BCUT2D eigenvalue weighted by Gasteiger charge is 2.12. The van der Waals surface area contributed by atoms with Gasteiger partial charge in [-0.1, -0.05) is 18.2 Å². The minimum Gasteiger partial charge on any atom is -0.340 e. The molecule has 1 aliphatic heterocycles. The summed E-state index contributed by atoms with van der Waals surface area (Å²) in [5.41, 5.74) is 3.80. The Morgan fingerprint density at radius 3 is 2.75 bits per heavy atom. The zero-order valence-corrected chi connectivity index (χ0v) is 16.2. The Bertz CT molecular complexity index is 887. The predicted molar refractivity (Wildman–Crippen MR) is 112 cm³/mol. The number of rotatable bonds is 6. The van der Waals surface area contributed by atoms with Crippen LogP contribution in [0.25, 0.3) is 0 Å². The second-order valence-electron chi connectivity index (χ2n) is 6.50. The molecule has 1 aliphatic rings. The topological polar surface area (TPSA) is 83.9 Å². The van der Waals surface area contributed by atoms with Crippen molar-refractivity contribution >= 4 is 35.5 Å². The summed E-state index contributed by atoms with van der Waals surface area (Å²) >= 11 is 0. The Kier molecular flexibility index (Phi) is 6.62. The third-order valence-electron chi connectivity index (χ3n) is 4.42. The second kappa shape index (κ2) is 9.34. The van der Waals surface area contributed by atoms with Crippen LogP contribution < -0.4 is 16.0 Å². The number of halogens is 1. The van der Waals surface area contributed by atoms with Crippen molar-refractivity contribution < 1.29 is 4.79 Å². The average molecular weight is 399 g/mol. The molecule has 1 amide bonds. The molecule has 7 nitrogen and oxygen atoms in total. The molecular weight excluding hydrogens is 376 g/mol. The third-order valence-corrected chi connectivity index (χ3v) is 4.42. The highest BCUT2D eigenvalue weighted by molar-refractivity contribution is 5.90. The Labute approximate surface area is 170 Å². The van der Waals surface area contributed by atoms with Crippen molar-refractivity contribution in [1.82, 2.24) is 20.1 Å². The minimum absolute atomic E-state index is 0. The Morgan fingerprint density at radius 1 is 1.14 bits per heavy atom. The monoisotopic (exact) mass is 398 g/mol. The van der Waals surface area contributed by atoms with Gasteiger partial charge in [-0.25, -0.2) is 4.98 Å². The molecule has 0 bridgehead atoms. The molecule has 2 aromatic heterocycles. The number of carbonyl (C=O) groups is 1. The molecule has 0 radical (unpaired) electrons. The fraction of sp³-hybridized carbons (Fsp3) is 0.250. The Morgan fingerprint density at radius 2 is 2.00 bits per heavy atom. The maximum atomic E-state index is 12.2. The molecular formula is C20H23ClN6O. The molecule has 0 aliphatic carbocycles. The molecule has 1 aromatic carbocycles. The fourth-order valence-electron chi connectivity index (χ4n) is 3.05. The lowest BCUT2D eigenvalue weighted by atomic mass is 10.2. The summed E-state index contributed by atoms with van der Waals surface area (Å²) in [5, 5.41) is 14.0. The number of hydrogen-bond donors (Lipinski definition) is 3. The lowest BCUT2D eigenvalue weighted by Crippen LogP contribution is -2.28. The van der Waals surface area contributed by atoms with Crippen molar-refractivity contribution in [2.45, 2.75) is 25.9 Å². The van der Waals surface area contributed by atoms with E-state index in [4.69, 9.17) is 0 Å².